The van der Waals surface area contributed by atoms with Gasteiger partial charge in [-0.05, 0) is 48.9 Å². The van der Waals surface area contributed by atoms with Crippen LogP contribution in [0.25, 0.3) is 0 Å². The van der Waals surface area contributed by atoms with Crippen molar-refractivity contribution in [3.63, 3.8) is 0 Å². The third kappa shape index (κ3) is 2.99. The first kappa shape index (κ1) is 15.3. The fourth-order valence-corrected chi connectivity index (χ4v) is 3.16. The second kappa shape index (κ2) is 5.74. The lowest BCUT2D eigenvalue weighted by atomic mass is 9.85. The Morgan fingerprint density at radius 3 is 2.85 bits per heavy atom. The van der Waals surface area contributed by atoms with Crippen molar-refractivity contribution in [1.82, 2.24) is 10.6 Å². The maximum Gasteiger partial charge on any atom is 0.236 e. The molecule has 0 fully saturated rings. The zero-order valence-electron chi connectivity index (χ0n) is 12.6. The molecule has 1 aliphatic carbocycles. The Bertz CT molecular complexity index is 513. The molecule has 1 amide bonds. The maximum absolute atomic E-state index is 11.9. The van der Waals surface area contributed by atoms with E-state index in [1.165, 1.54) is 11.1 Å². The Balaban J connectivity index is 2.22. The maximum atomic E-state index is 11.9. The van der Waals surface area contributed by atoms with Crippen LogP contribution in [0.4, 0.5) is 0 Å². The fraction of sp³-hybridized carbons (Fsp3) is 0.562. The molecule has 2 unspecified atom stereocenters. The normalized spacial score (nSPS) is 21.4. The number of rotatable bonds is 4. The van der Waals surface area contributed by atoms with Gasteiger partial charge in [-0.25, -0.2) is 0 Å². The molecule has 0 aliphatic heterocycles. The van der Waals surface area contributed by atoms with Crippen LogP contribution in [0.5, 0.6) is 0 Å². The molecule has 110 valence electrons. The predicted octanol–water partition coefficient (Wildman–Crippen LogP) is 3.08. The molecule has 1 aliphatic rings. The summed E-state index contributed by atoms with van der Waals surface area (Å²) in [6, 6.07) is 5.98. The summed E-state index contributed by atoms with van der Waals surface area (Å²) in [5.74, 6) is 0.0405. The van der Waals surface area contributed by atoms with E-state index < -0.39 is 0 Å². The molecule has 2 rings (SSSR count). The van der Waals surface area contributed by atoms with Crippen LogP contribution in [-0.2, 0) is 11.2 Å². The Morgan fingerprint density at radius 1 is 1.50 bits per heavy atom. The standard InChI is InChI=1S/C16H23ClN2O/c1-5-18-15(20)10(2)19-14-13-8-12(17)7-6-11(13)9-16(14,3)4/h6-8,10,14,19H,5,9H2,1-4H3,(H,18,20). The molecule has 0 radical (unpaired) electrons. The molecule has 2 atom stereocenters. The number of amides is 1. The van der Waals surface area contributed by atoms with E-state index in [2.05, 4.69) is 30.5 Å². The molecule has 2 N–H and O–H groups in total. The van der Waals surface area contributed by atoms with Gasteiger partial charge in [0.05, 0.1) is 6.04 Å². The van der Waals surface area contributed by atoms with Crippen molar-refractivity contribution in [2.24, 2.45) is 5.41 Å². The molecular formula is C16H23ClN2O. The summed E-state index contributed by atoms with van der Waals surface area (Å²) < 4.78 is 0. The molecule has 1 aromatic carbocycles. The minimum absolute atomic E-state index is 0.0405. The molecule has 20 heavy (non-hydrogen) atoms. The van der Waals surface area contributed by atoms with Crippen molar-refractivity contribution in [2.45, 2.75) is 46.2 Å². The van der Waals surface area contributed by atoms with Crippen LogP contribution in [0.2, 0.25) is 5.02 Å². The highest BCUT2D eigenvalue weighted by atomic mass is 35.5. The molecule has 0 aromatic heterocycles. The summed E-state index contributed by atoms with van der Waals surface area (Å²) in [5, 5.41) is 7.07. The number of carbonyl (C=O) groups excluding carboxylic acids is 1. The van der Waals surface area contributed by atoms with E-state index in [1.54, 1.807) is 0 Å². The van der Waals surface area contributed by atoms with Crippen LogP contribution in [0.1, 0.15) is 44.9 Å². The van der Waals surface area contributed by atoms with Gasteiger partial charge in [-0.1, -0.05) is 31.5 Å². The van der Waals surface area contributed by atoms with Gasteiger partial charge in [0.2, 0.25) is 5.91 Å². The second-order valence-electron chi connectivity index (χ2n) is 6.22. The van der Waals surface area contributed by atoms with Crippen LogP contribution < -0.4 is 10.6 Å². The van der Waals surface area contributed by atoms with Crippen molar-refractivity contribution in [1.29, 1.82) is 0 Å². The number of benzene rings is 1. The lowest BCUT2D eigenvalue weighted by molar-refractivity contribution is -0.123. The van der Waals surface area contributed by atoms with Crippen LogP contribution in [-0.4, -0.2) is 18.5 Å². The number of halogens is 1. The predicted molar refractivity (Wildman–Crippen MR) is 83.0 cm³/mol. The van der Waals surface area contributed by atoms with Crippen molar-refractivity contribution >= 4 is 17.5 Å². The summed E-state index contributed by atoms with van der Waals surface area (Å²) in [5.41, 5.74) is 2.62. The van der Waals surface area contributed by atoms with Gasteiger partial charge < -0.3 is 5.32 Å². The Morgan fingerprint density at radius 2 is 2.20 bits per heavy atom. The number of hydrogen-bond acceptors (Lipinski definition) is 2. The number of hydrogen-bond donors (Lipinski definition) is 2. The summed E-state index contributed by atoms with van der Waals surface area (Å²) in [6.07, 6.45) is 0.999. The topological polar surface area (TPSA) is 41.1 Å². The van der Waals surface area contributed by atoms with Crippen molar-refractivity contribution in [3.8, 4) is 0 Å². The molecule has 0 spiro atoms. The summed E-state index contributed by atoms with van der Waals surface area (Å²) in [6.45, 7) is 8.94. The largest absolute Gasteiger partial charge is 0.355 e. The van der Waals surface area contributed by atoms with Crippen LogP contribution in [0.15, 0.2) is 18.2 Å². The van der Waals surface area contributed by atoms with Crippen molar-refractivity contribution < 1.29 is 4.79 Å². The van der Waals surface area contributed by atoms with Gasteiger partial charge in [0, 0.05) is 17.6 Å². The average molecular weight is 295 g/mol. The highest BCUT2D eigenvalue weighted by molar-refractivity contribution is 6.30. The van der Waals surface area contributed by atoms with Gasteiger partial charge in [-0.2, -0.15) is 0 Å². The molecule has 4 heteroatoms. The zero-order valence-corrected chi connectivity index (χ0v) is 13.3. The zero-order chi connectivity index (χ0) is 14.9. The highest BCUT2D eigenvalue weighted by Gasteiger charge is 2.40. The Labute approximate surface area is 126 Å². The summed E-state index contributed by atoms with van der Waals surface area (Å²) in [7, 11) is 0. The second-order valence-corrected chi connectivity index (χ2v) is 6.66. The first-order chi connectivity index (χ1) is 9.35. The van der Waals surface area contributed by atoms with Crippen LogP contribution >= 0.6 is 11.6 Å². The van der Waals surface area contributed by atoms with E-state index in [0.29, 0.717) is 6.54 Å². The number of fused-ring (bicyclic) bond motifs is 1. The summed E-state index contributed by atoms with van der Waals surface area (Å²) >= 11 is 6.12. The van der Waals surface area contributed by atoms with E-state index in [0.717, 1.165) is 11.4 Å². The van der Waals surface area contributed by atoms with Crippen molar-refractivity contribution in [3.05, 3.63) is 34.3 Å². The monoisotopic (exact) mass is 294 g/mol. The lowest BCUT2D eigenvalue weighted by Crippen LogP contribution is -2.46. The minimum atomic E-state index is -0.218. The SMILES string of the molecule is CCNC(=O)C(C)NC1c2cc(Cl)ccc2CC1(C)C. The van der Waals surface area contributed by atoms with Gasteiger partial charge in [-0.3, -0.25) is 10.1 Å². The summed E-state index contributed by atoms with van der Waals surface area (Å²) in [4.78, 5) is 11.9. The Kier molecular flexibility index (Phi) is 4.40. The highest BCUT2D eigenvalue weighted by Crippen LogP contribution is 2.46. The van der Waals surface area contributed by atoms with E-state index in [1.807, 2.05) is 26.0 Å². The van der Waals surface area contributed by atoms with E-state index in [4.69, 9.17) is 11.6 Å². The fourth-order valence-electron chi connectivity index (χ4n) is 2.98. The minimum Gasteiger partial charge on any atom is -0.355 e. The van der Waals surface area contributed by atoms with Gasteiger partial charge in [0.1, 0.15) is 0 Å². The molecule has 0 saturated heterocycles. The first-order valence-corrected chi connectivity index (χ1v) is 7.55. The molecule has 1 aromatic rings. The third-order valence-electron chi connectivity index (χ3n) is 4.01. The van der Waals surface area contributed by atoms with Gasteiger partial charge in [-0.15, -0.1) is 0 Å². The van der Waals surface area contributed by atoms with Gasteiger partial charge in [0.25, 0.3) is 0 Å². The first-order valence-electron chi connectivity index (χ1n) is 7.17. The van der Waals surface area contributed by atoms with Crippen molar-refractivity contribution in [2.75, 3.05) is 6.54 Å². The Hall–Kier alpha value is -1.06. The number of likely N-dealkylation sites (N-methyl/N-ethyl adjacent to an activating group) is 1. The van der Waals surface area contributed by atoms with Gasteiger partial charge in [0.15, 0.2) is 0 Å². The number of carbonyl (C=O) groups is 1. The molecule has 3 nitrogen and oxygen atoms in total. The molecule has 0 bridgehead atoms. The molecule has 0 saturated carbocycles. The van der Waals surface area contributed by atoms with Gasteiger partial charge >= 0.3 is 0 Å². The molecule has 0 heterocycles. The molecular weight excluding hydrogens is 272 g/mol. The van der Waals surface area contributed by atoms with E-state index in [9.17, 15) is 4.79 Å². The van der Waals surface area contributed by atoms with E-state index >= 15 is 0 Å². The van der Waals surface area contributed by atoms with Crippen LogP contribution in [0, 0.1) is 5.41 Å². The van der Waals surface area contributed by atoms with E-state index in [-0.39, 0.29) is 23.4 Å². The third-order valence-corrected chi connectivity index (χ3v) is 4.24. The lowest BCUT2D eigenvalue weighted by Gasteiger charge is -2.31. The van der Waals surface area contributed by atoms with Crippen LogP contribution in [0.3, 0.4) is 0 Å². The average Bonchev–Trinajstić information content (AvgIpc) is 2.61. The number of nitrogens with one attached hydrogen (secondary N) is 2. The smallest absolute Gasteiger partial charge is 0.236 e. The quantitative estimate of drug-likeness (QED) is 0.896.